The third-order valence-corrected chi connectivity index (χ3v) is 3.54. The molecule has 1 aromatic carbocycles. The van der Waals surface area contributed by atoms with Crippen LogP contribution in [0.5, 0.6) is 0 Å². The molecule has 0 saturated heterocycles. The molecule has 0 spiro atoms. The minimum atomic E-state index is -4.49. The van der Waals surface area contributed by atoms with E-state index in [-0.39, 0.29) is 10.6 Å². The van der Waals surface area contributed by atoms with E-state index in [1.54, 1.807) is 13.8 Å². The second kappa shape index (κ2) is 5.78. The van der Waals surface area contributed by atoms with E-state index in [0.29, 0.717) is 6.42 Å². The molecule has 1 aromatic rings. The maximum atomic E-state index is 12.6. The molecule has 0 bridgehead atoms. The summed E-state index contributed by atoms with van der Waals surface area (Å²) in [7, 11) is 0. The zero-order valence-corrected chi connectivity index (χ0v) is 11.9. The molecule has 0 aliphatic heterocycles. The van der Waals surface area contributed by atoms with E-state index in [0.717, 1.165) is 12.1 Å². The van der Waals surface area contributed by atoms with Crippen molar-refractivity contribution >= 4 is 23.1 Å². The molecule has 0 fully saturated rings. The van der Waals surface area contributed by atoms with E-state index < -0.39 is 23.2 Å². The van der Waals surface area contributed by atoms with E-state index in [1.807, 2.05) is 0 Å². The van der Waals surface area contributed by atoms with Crippen LogP contribution >= 0.6 is 12.2 Å². The predicted molar refractivity (Wildman–Crippen MR) is 74.4 cm³/mol. The molecule has 0 radical (unpaired) electrons. The van der Waals surface area contributed by atoms with Crippen LogP contribution in [0.2, 0.25) is 0 Å². The zero-order chi connectivity index (χ0) is 15.6. The van der Waals surface area contributed by atoms with Crippen molar-refractivity contribution in [2.45, 2.75) is 32.0 Å². The van der Waals surface area contributed by atoms with Gasteiger partial charge < -0.3 is 11.1 Å². The Morgan fingerprint density at radius 1 is 1.40 bits per heavy atom. The maximum absolute atomic E-state index is 12.6. The van der Waals surface area contributed by atoms with Crippen molar-refractivity contribution in [3.8, 4) is 0 Å². The molecule has 1 atom stereocenters. The van der Waals surface area contributed by atoms with Gasteiger partial charge in [-0.3, -0.25) is 4.79 Å². The lowest BCUT2D eigenvalue weighted by Gasteiger charge is -2.28. The van der Waals surface area contributed by atoms with E-state index in [4.69, 9.17) is 18.0 Å². The van der Waals surface area contributed by atoms with Gasteiger partial charge in [0.1, 0.15) is 0 Å². The number of nitrogens with one attached hydrogen (secondary N) is 1. The first kappa shape index (κ1) is 16.4. The number of alkyl halides is 3. The minimum absolute atomic E-state index is 0.0836. The van der Waals surface area contributed by atoms with Crippen LogP contribution in [-0.4, -0.2) is 16.4 Å². The van der Waals surface area contributed by atoms with Crippen LogP contribution < -0.4 is 11.1 Å². The third kappa shape index (κ3) is 3.69. The average molecular weight is 304 g/mol. The molecule has 20 heavy (non-hydrogen) atoms. The van der Waals surface area contributed by atoms with E-state index in [2.05, 4.69) is 5.32 Å². The zero-order valence-electron chi connectivity index (χ0n) is 11.0. The predicted octanol–water partition coefficient (Wildman–Crippen LogP) is 2.89. The van der Waals surface area contributed by atoms with E-state index >= 15 is 0 Å². The highest BCUT2D eigenvalue weighted by Gasteiger charge is 2.32. The molecule has 110 valence electrons. The number of hydrogen-bond donors (Lipinski definition) is 2. The highest BCUT2D eigenvalue weighted by molar-refractivity contribution is 7.80. The highest BCUT2D eigenvalue weighted by Crippen LogP contribution is 2.29. The topological polar surface area (TPSA) is 55.1 Å². The first-order chi connectivity index (χ1) is 9.10. The Balaban J connectivity index is 3.02. The summed E-state index contributed by atoms with van der Waals surface area (Å²) in [4.78, 5) is 12.1. The molecule has 0 heterocycles. The quantitative estimate of drug-likeness (QED) is 0.841. The molecule has 7 heteroatoms. The SMILES string of the molecule is CCC(C)(NC(=O)c1cccc(C(F)(F)F)c1)C(N)=S. The fourth-order valence-electron chi connectivity index (χ4n) is 1.48. The number of thiocarbonyl (C=S) groups is 1. The molecular weight excluding hydrogens is 289 g/mol. The summed E-state index contributed by atoms with van der Waals surface area (Å²) in [5.74, 6) is -0.645. The molecular formula is C13H15F3N2OS. The van der Waals surface area contributed by atoms with Crippen molar-refractivity contribution in [2.24, 2.45) is 5.73 Å². The number of amides is 1. The highest BCUT2D eigenvalue weighted by atomic mass is 32.1. The number of hydrogen-bond acceptors (Lipinski definition) is 2. The maximum Gasteiger partial charge on any atom is 0.416 e. The molecule has 0 aliphatic carbocycles. The van der Waals surface area contributed by atoms with Crippen molar-refractivity contribution < 1.29 is 18.0 Å². The summed E-state index contributed by atoms with van der Waals surface area (Å²) in [5.41, 5.74) is 3.65. The summed E-state index contributed by atoms with van der Waals surface area (Å²) in [5, 5.41) is 2.56. The Labute approximate surface area is 120 Å². The van der Waals surface area contributed by atoms with Gasteiger partial charge in [0.25, 0.3) is 5.91 Å². The van der Waals surface area contributed by atoms with Gasteiger partial charge in [0.2, 0.25) is 0 Å². The molecule has 0 aliphatic rings. The van der Waals surface area contributed by atoms with Gasteiger partial charge in [-0.1, -0.05) is 25.2 Å². The van der Waals surface area contributed by atoms with Gasteiger partial charge in [0.15, 0.2) is 0 Å². The van der Waals surface area contributed by atoms with E-state index in [9.17, 15) is 18.0 Å². The van der Waals surface area contributed by atoms with E-state index in [1.165, 1.54) is 12.1 Å². The summed E-state index contributed by atoms with van der Waals surface area (Å²) < 4.78 is 37.8. The number of nitrogens with two attached hydrogens (primary N) is 1. The molecule has 1 unspecified atom stereocenters. The van der Waals surface area contributed by atoms with Gasteiger partial charge in [0.05, 0.1) is 16.1 Å². The number of rotatable bonds is 4. The third-order valence-electron chi connectivity index (χ3n) is 3.09. The molecule has 0 aromatic heterocycles. The number of halogens is 3. The van der Waals surface area contributed by atoms with Crippen molar-refractivity contribution in [1.82, 2.24) is 5.32 Å². The number of carbonyl (C=O) groups excluding carboxylic acids is 1. The van der Waals surface area contributed by atoms with Crippen LogP contribution in [0.1, 0.15) is 36.2 Å². The molecule has 3 nitrogen and oxygen atoms in total. The Hall–Kier alpha value is -1.63. The second-order valence-electron chi connectivity index (χ2n) is 4.58. The van der Waals surface area contributed by atoms with Gasteiger partial charge >= 0.3 is 6.18 Å². The molecule has 1 amide bonds. The van der Waals surface area contributed by atoms with Gasteiger partial charge in [-0.2, -0.15) is 13.2 Å². The summed E-state index contributed by atoms with van der Waals surface area (Å²) >= 11 is 4.87. The molecule has 1 rings (SSSR count). The van der Waals surface area contributed by atoms with Crippen LogP contribution in [-0.2, 0) is 6.18 Å². The summed E-state index contributed by atoms with van der Waals surface area (Å²) in [6.45, 7) is 3.40. The normalized spacial score (nSPS) is 14.4. The van der Waals surface area contributed by atoms with Crippen LogP contribution in [0, 0.1) is 0 Å². The average Bonchev–Trinajstić information content (AvgIpc) is 2.37. The van der Waals surface area contributed by atoms with Gasteiger partial charge in [-0.15, -0.1) is 0 Å². The van der Waals surface area contributed by atoms with Crippen molar-refractivity contribution in [3.63, 3.8) is 0 Å². The number of carbonyl (C=O) groups is 1. The fourth-order valence-corrected chi connectivity index (χ4v) is 1.68. The summed E-state index contributed by atoms with van der Waals surface area (Å²) in [6, 6.07) is 4.19. The Kier molecular flexibility index (Phi) is 4.75. The van der Waals surface area contributed by atoms with Crippen molar-refractivity contribution in [1.29, 1.82) is 0 Å². The van der Waals surface area contributed by atoms with Crippen LogP contribution in [0.4, 0.5) is 13.2 Å². The minimum Gasteiger partial charge on any atom is -0.391 e. The van der Waals surface area contributed by atoms with Crippen LogP contribution in [0.3, 0.4) is 0 Å². The first-order valence-electron chi connectivity index (χ1n) is 5.90. The lowest BCUT2D eigenvalue weighted by molar-refractivity contribution is -0.137. The van der Waals surface area contributed by atoms with Crippen LogP contribution in [0.25, 0.3) is 0 Å². The van der Waals surface area contributed by atoms with Crippen molar-refractivity contribution in [2.75, 3.05) is 0 Å². The number of benzene rings is 1. The fraction of sp³-hybridized carbons (Fsp3) is 0.385. The largest absolute Gasteiger partial charge is 0.416 e. The standard InChI is InChI=1S/C13H15F3N2OS/c1-3-12(2,11(17)20)18-10(19)8-5-4-6-9(7-8)13(14,15)16/h4-7H,3H2,1-2H3,(H2,17,20)(H,18,19). The summed E-state index contributed by atoms with van der Waals surface area (Å²) in [6.07, 6.45) is -4.06. The Bertz CT molecular complexity index is 531. The second-order valence-corrected chi connectivity index (χ2v) is 5.02. The Morgan fingerprint density at radius 2 is 2.00 bits per heavy atom. The van der Waals surface area contributed by atoms with Gasteiger partial charge in [-0.05, 0) is 31.5 Å². The molecule has 0 saturated carbocycles. The van der Waals surface area contributed by atoms with Gasteiger partial charge in [-0.25, -0.2) is 0 Å². The first-order valence-corrected chi connectivity index (χ1v) is 6.30. The monoisotopic (exact) mass is 304 g/mol. The van der Waals surface area contributed by atoms with Gasteiger partial charge in [0, 0.05) is 5.56 Å². The van der Waals surface area contributed by atoms with Crippen LogP contribution in [0.15, 0.2) is 24.3 Å². The lowest BCUT2D eigenvalue weighted by atomic mass is 9.98. The lowest BCUT2D eigenvalue weighted by Crippen LogP contribution is -2.54. The Morgan fingerprint density at radius 3 is 2.45 bits per heavy atom. The smallest absolute Gasteiger partial charge is 0.391 e. The van der Waals surface area contributed by atoms with Crippen molar-refractivity contribution in [3.05, 3.63) is 35.4 Å². The molecule has 3 N–H and O–H groups in total.